The molecule has 4 nitrogen and oxygen atoms in total. The molecule has 0 bridgehead atoms. The number of aromatic nitrogens is 1. The van der Waals surface area contributed by atoms with Crippen LogP contribution in [0.3, 0.4) is 0 Å². The molecule has 1 heterocycles. The zero-order valence-corrected chi connectivity index (χ0v) is 13.9. The van der Waals surface area contributed by atoms with E-state index in [1.807, 2.05) is 6.92 Å². The molecule has 0 saturated carbocycles. The van der Waals surface area contributed by atoms with E-state index in [1.54, 1.807) is 27.7 Å². The Morgan fingerprint density at radius 2 is 1.95 bits per heavy atom. The van der Waals surface area contributed by atoms with Crippen molar-refractivity contribution in [1.29, 1.82) is 0 Å². The van der Waals surface area contributed by atoms with Gasteiger partial charge in [0.05, 0.1) is 21.4 Å². The topological polar surface area (TPSA) is 67.3 Å². The lowest BCUT2D eigenvalue weighted by molar-refractivity contribution is 0.0813. The molecule has 1 N–H and O–H groups in total. The van der Waals surface area contributed by atoms with Gasteiger partial charge in [-0.05, 0) is 34.1 Å². The zero-order chi connectivity index (χ0) is 14.8. The maximum Gasteiger partial charge on any atom is 0.159 e. The summed E-state index contributed by atoms with van der Waals surface area (Å²) in [6.45, 7) is 8.80. The highest BCUT2D eigenvalue weighted by Gasteiger charge is 2.26. The molecular weight excluding hydrogens is 282 g/mol. The van der Waals surface area contributed by atoms with Crippen LogP contribution in [0.15, 0.2) is 0 Å². The number of aliphatic hydroxyl groups is 1. The summed E-state index contributed by atoms with van der Waals surface area (Å²) in [5, 5.41) is 10.3. The lowest BCUT2D eigenvalue weighted by atomic mass is 10.0. The van der Waals surface area contributed by atoms with E-state index >= 15 is 0 Å². The Morgan fingerprint density at radius 1 is 1.37 bits per heavy atom. The Morgan fingerprint density at radius 3 is 2.37 bits per heavy atom. The van der Waals surface area contributed by atoms with Gasteiger partial charge in [0.25, 0.3) is 0 Å². The number of aryl methyl sites for hydroxylation is 1. The summed E-state index contributed by atoms with van der Waals surface area (Å²) in [4.78, 5) is 5.19. The fourth-order valence-corrected chi connectivity index (χ4v) is 4.06. The Bertz CT molecular complexity index is 525. The number of rotatable bonds is 6. The van der Waals surface area contributed by atoms with Crippen molar-refractivity contribution in [1.82, 2.24) is 4.98 Å². The molecule has 0 saturated heterocycles. The lowest BCUT2D eigenvalue weighted by Crippen LogP contribution is -2.15. The van der Waals surface area contributed by atoms with Crippen molar-refractivity contribution in [3.63, 3.8) is 0 Å². The minimum absolute atomic E-state index is 0.0396. The second-order valence-corrected chi connectivity index (χ2v) is 9.19. The standard InChI is InChI=1S/C13H23NO3S2/c1-6-7-10-12(13(4,5)15)18-11(14-10)8-19(16,17)9(2)3/h9,15H,6-8H2,1-5H3. The van der Waals surface area contributed by atoms with E-state index in [4.69, 9.17) is 0 Å². The van der Waals surface area contributed by atoms with Gasteiger partial charge in [0.1, 0.15) is 10.8 Å². The van der Waals surface area contributed by atoms with Crippen LogP contribution in [0.25, 0.3) is 0 Å². The molecule has 1 rings (SSSR count). The van der Waals surface area contributed by atoms with Crippen LogP contribution in [0.5, 0.6) is 0 Å². The van der Waals surface area contributed by atoms with Crippen molar-refractivity contribution in [3.05, 3.63) is 15.6 Å². The number of hydrogen-bond acceptors (Lipinski definition) is 5. The molecule has 0 amide bonds. The third-order valence-corrected chi connectivity index (χ3v) is 6.53. The smallest absolute Gasteiger partial charge is 0.159 e. The van der Waals surface area contributed by atoms with E-state index < -0.39 is 20.7 Å². The van der Waals surface area contributed by atoms with Gasteiger partial charge in [0, 0.05) is 0 Å². The zero-order valence-electron chi connectivity index (χ0n) is 12.2. The summed E-state index contributed by atoms with van der Waals surface area (Å²) in [7, 11) is -3.15. The summed E-state index contributed by atoms with van der Waals surface area (Å²) >= 11 is 1.31. The molecule has 0 radical (unpaired) electrons. The highest BCUT2D eigenvalue weighted by molar-refractivity contribution is 7.91. The molecule has 6 heteroatoms. The molecule has 0 aliphatic rings. The molecule has 0 fully saturated rings. The van der Waals surface area contributed by atoms with E-state index in [9.17, 15) is 13.5 Å². The number of hydrogen-bond donors (Lipinski definition) is 1. The molecule has 110 valence electrons. The third-order valence-electron chi connectivity index (χ3n) is 2.83. The van der Waals surface area contributed by atoms with E-state index in [2.05, 4.69) is 4.98 Å². The maximum absolute atomic E-state index is 11.9. The van der Waals surface area contributed by atoms with Crippen molar-refractivity contribution in [2.45, 2.75) is 64.1 Å². The third kappa shape index (κ3) is 4.26. The Balaban J connectivity index is 3.12. The first-order chi connectivity index (χ1) is 8.58. The second-order valence-electron chi connectivity index (χ2n) is 5.55. The largest absolute Gasteiger partial charge is 0.385 e. The highest BCUT2D eigenvalue weighted by Crippen LogP contribution is 2.31. The van der Waals surface area contributed by atoms with Crippen molar-refractivity contribution in [2.75, 3.05) is 0 Å². The van der Waals surface area contributed by atoms with Crippen LogP contribution >= 0.6 is 11.3 Å². The molecule has 0 atom stereocenters. The van der Waals surface area contributed by atoms with Crippen LogP contribution in [0.1, 0.15) is 56.6 Å². The van der Waals surface area contributed by atoms with Crippen LogP contribution < -0.4 is 0 Å². The fraction of sp³-hybridized carbons (Fsp3) is 0.769. The van der Waals surface area contributed by atoms with Crippen LogP contribution in [0.2, 0.25) is 0 Å². The first-order valence-electron chi connectivity index (χ1n) is 6.51. The van der Waals surface area contributed by atoms with Gasteiger partial charge in [-0.1, -0.05) is 13.3 Å². The van der Waals surface area contributed by atoms with Gasteiger partial charge < -0.3 is 5.11 Å². The quantitative estimate of drug-likeness (QED) is 0.877. The molecule has 0 spiro atoms. The van der Waals surface area contributed by atoms with Gasteiger partial charge >= 0.3 is 0 Å². The van der Waals surface area contributed by atoms with E-state index in [-0.39, 0.29) is 5.75 Å². The van der Waals surface area contributed by atoms with Crippen LogP contribution in [0, 0.1) is 0 Å². The first-order valence-corrected chi connectivity index (χ1v) is 9.04. The summed E-state index contributed by atoms with van der Waals surface area (Å²) in [6.07, 6.45) is 1.68. The number of sulfone groups is 1. The van der Waals surface area contributed by atoms with E-state index in [0.29, 0.717) is 5.01 Å². The predicted molar refractivity (Wildman–Crippen MR) is 79.1 cm³/mol. The minimum atomic E-state index is -3.15. The van der Waals surface area contributed by atoms with Gasteiger partial charge in [0.15, 0.2) is 9.84 Å². The SMILES string of the molecule is CCCc1nc(CS(=O)(=O)C(C)C)sc1C(C)(C)O. The second kappa shape index (κ2) is 5.89. The summed E-state index contributed by atoms with van der Waals surface area (Å²) < 4.78 is 23.9. The van der Waals surface area contributed by atoms with Crippen molar-refractivity contribution in [2.24, 2.45) is 0 Å². The van der Waals surface area contributed by atoms with Gasteiger partial charge in [0.2, 0.25) is 0 Å². The minimum Gasteiger partial charge on any atom is -0.385 e. The molecule has 0 aliphatic heterocycles. The average molecular weight is 305 g/mol. The molecule has 0 unspecified atom stereocenters. The summed E-state index contributed by atoms with van der Waals surface area (Å²) in [5.74, 6) is -0.0396. The maximum atomic E-state index is 11.9. The number of nitrogens with zero attached hydrogens (tertiary/aromatic N) is 1. The van der Waals surface area contributed by atoms with Gasteiger partial charge in [-0.25, -0.2) is 13.4 Å². The fourth-order valence-electron chi connectivity index (χ4n) is 1.69. The molecule has 1 aromatic rings. The number of thiazole rings is 1. The van der Waals surface area contributed by atoms with Crippen molar-refractivity contribution in [3.8, 4) is 0 Å². The molecule has 19 heavy (non-hydrogen) atoms. The lowest BCUT2D eigenvalue weighted by Gasteiger charge is -2.16. The normalized spacial score (nSPS) is 13.2. The molecule has 0 aromatic carbocycles. The van der Waals surface area contributed by atoms with Crippen molar-refractivity contribution < 1.29 is 13.5 Å². The molecule has 1 aromatic heterocycles. The van der Waals surface area contributed by atoms with E-state index in [1.165, 1.54) is 11.3 Å². The Hall–Kier alpha value is -0.460. The van der Waals surface area contributed by atoms with Gasteiger partial charge in [-0.3, -0.25) is 0 Å². The van der Waals surface area contributed by atoms with Gasteiger partial charge in [-0.15, -0.1) is 11.3 Å². The van der Waals surface area contributed by atoms with E-state index in [0.717, 1.165) is 23.4 Å². The Kier molecular flexibility index (Phi) is 5.15. The molecule has 0 aliphatic carbocycles. The van der Waals surface area contributed by atoms with Crippen LogP contribution in [-0.2, 0) is 27.6 Å². The predicted octanol–water partition coefficient (Wildman–Crippen LogP) is 2.65. The monoisotopic (exact) mass is 305 g/mol. The van der Waals surface area contributed by atoms with Gasteiger partial charge in [-0.2, -0.15) is 0 Å². The van der Waals surface area contributed by atoms with Crippen molar-refractivity contribution >= 4 is 21.2 Å². The average Bonchev–Trinajstić information content (AvgIpc) is 2.60. The first kappa shape index (κ1) is 16.6. The highest BCUT2D eigenvalue weighted by atomic mass is 32.2. The summed E-state index contributed by atoms with van der Waals surface area (Å²) in [6, 6.07) is 0. The Labute approximate surface area is 119 Å². The summed E-state index contributed by atoms with van der Waals surface area (Å²) in [5.41, 5.74) is -0.142. The van der Waals surface area contributed by atoms with Crippen LogP contribution in [0.4, 0.5) is 0 Å². The molecular formula is C13H23NO3S2. The van der Waals surface area contributed by atoms with Crippen LogP contribution in [-0.4, -0.2) is 23.8 Å².